The van der Waals surface area contributed by atoms with E-state index in [0.717, 1.165) is 16.5 Å². The normalized spacial score (nSPS) is 11.0. The summed E-state index contributed by atoms with van der Waals surface area (Å²) in [6.45, 7) is 2.37. The average molecular weight is 439 g/mol. The zero-order chi connectivity index (χ0) is 22.2. The molecule has 0 bridgehead atoms. The van der Waals surface area contributed by atoms with Crippen molar-refractivity contribution in [1.82, 2.24) is 20.1 Å². The number of amides is 1. The quantitative estimate of drug-likeness (QED) is 0.405. The Morgan fingerprint density at radius 1 is 1.10 bits per heavy atom. The van der Waals surface area contributed by atoms with E-state index in [4.69, 9.17) is 9.47 Å². The van der Waals surface area contributed by atoms with Crippen LogP contribution in [0.15, 0.2) is 53.7 Å². The Balaban J connectivity index is 1.53. The van der Waals surface area contributed by atoms with E-state index in [9.17, 15) is 4.79 Å². The molecule has 1 heterocycles. The van der Waals surface area contributed by atoms with Gasteiger partial charge in [-0.05, 0) is 36.3 Å². The molecule has 31 heavy (non-hydrogen) atoms. The van der Waals surface area contributed by atoms with Gasteiger partial charge in [-0.2, -0.15) is 0 Å². The molecule has 1 N–H and O–H groups in total. The van der Waals surface area contributed by atoms with E-state index in [2.05, 4.69) is 46.7 Å². The summed E-state index contributed by atoms with van der Waals surface area (Å²) in [5.74, 6) is 2.54. The van der Waals surface area contributed by atoms with Crippen molar-refractivity contribution in [3.05, 3.63) is 71.1 Å². The Hall–Kier alpha value is -3.26. The smallest absolute Gasteiger partial charge is 0.244 e. The number of benzene rings is 2. The van der Waals surface area contributed by atoms with Crippen molar-refractivity contribution in [3.8, 4) is 11.5 Å². The van der Waals surface area contributed by atoms with Crippen molar-refractivity contribution in [2.24, 2.45) is 7.05 Å². The maximum Gasteiger partial charge on any atom is 0.244 e. The number of hydrogen-bond donors (Lipinski definition) is 1. The summed E-state index contributed by atoms with van der Waals surface area (Å²) in [4.78, 5) is 12.2. The summed E-state index contributed by atoms with van der Waals surface area (Å²) in [6, 6.07) is 13.9. The van der Waals surface area contributed by atoms with Crippen LogP contribution < -0.4 is 14.8 Å². The van der Waals surface area contributed by atoms with E-state index in [0.29, 0.717) is 23.9 Å². The van der Waals surface area contributed by atoms with Gasteiger partial charge in [-0.25, -0.2) is 0 Å². The lowest BCUT2D eigenvalue weighted by molar-refractivity contribution is -0.116. The van der Waals surface area contributed by atoms with Gasteiger partial charge in [0, 0.05) is 18.9 Å². The molecule has 2 aromatic carbocycles. The van der Waals surface area contributed by atoms with Crippen LogP contribution in [0, 0.1) is 6.92 Å². The molecule has 8 heteroatoms. The Bertz CT molecular complexity index is 1060. The predicted octanol–water partition coefficient (Wildman–Crippen LogP) is 3.76. The van der Waals surface area contributed by atoms with Crippen LogP contribution in [0.1, 0.15) is 22.5 Å². The zero-order valence-corrected chi connectivity index (χ0v) is 18.9. The molecule has 0 saturated carbocycles. The lowest BCUT2D eigenvalue weighted by Gasteiger charge is -2.07. The lowest BCUT2D eigenvalue weighted by atomic mass is 10.2. The zero-order valence-electron chi connectivity index (χ0n) is 18.1. The summed E-state index contributed by atoms with van der Waals surface area (Å²) in [7, 11) is 5.06. The third-order valence-corrected chi connectivity index (χ3v) is 5.76. The number of carbonyl (C=O) groups excluding carboxylic acids is 1. The fraction of sp³-hybridized carbons (Fsp3) is 0.261. The molecule has 3 rings (SSSR count). The number of nitrogens with zero attached hydrogens (tertiary/aromatic N) is 3. The molecule has 0 atom stereocenters. The van der Waals surface area contributed by atoms with Gasteiger partial charge in [0.05, 0.1) is 20.8 Å². The second-order valence-electron chi connectivity index (χ2n) is 6.90. The average Bonchev–Trinajstić information content (AvgIpc) is 3.14. The van der Waals surface area contributed by atoms with Gasteiger partial charge in [0.2, 0.25) is 5.91 Å². The largest absolute Gasteiger partial charge is 0.493 e. The van der Waals surface area contributed by atoms with Crippen molar-refractivity contribution < 1.29 is 14.3 Å². The number of methoxy groups -OCH3 is 2. The Morgan fingerprint density at radius 3 is 2.55 bits per heavy atom. The maximum absolute atomic E-state index is 12.2. The van der Waals surface area contributed by atoms with E-state index in [1.165, 1.54) is 17.2 Å². The molecule has 0 aliphatic rings. The van der Waals surface area contributed by atoms with E-state index in [1.54, 1.807) is 38.1 Å². The number of aromatic nitrogens is 3. The summed E-state index contributed by atoms with van der Waals surface area (Å²) >= 11 is 1.62. The van der Waals surface area contributed by atoms with Gasteiger partial charge in [-0.1, -0.05) is 47.7 Å². The highest BCUT2D eigenvalue weighted by molar-refractivity contribution is 7.98. The highest BCUT2D eigenvalue weighted by Gasteiger charge is 2.10. The first kappa shape index (κ1) is 22.4. The van der Waals surface area contributed by atoms with Crippen molar-refractivity contribution in [3.63, 3.8) is 0 Å². The highest BCUT2D eigenvalue weighted by Crippen LogP contribution is 2.28. The van der Waals surface area contributed by atoms with Crippen molar-refractivity contribution in [2.75, 3.05) is 14.2 Å². The van der Waals surface area contributed by atoms with Gasteiger partial charge in [-0.3, -0.25) is 4.79 Å². The van der Waals surface area contributed by atoms with Crippen LogP contribution in [0.4, 0.5) is 0 Å². The van der Waals surface area contributed by atoms with Crippen molar-refractivity contribution in [2.45, 2.75) is 24.4 Å². The second kappa shape index (κ2) is 10.7. The fourth-order valence-corrected chi connectivity index (χ4v) is 3.70. The third kappa shape index (κ3) is 6.11. The molecule has 0 unspecified atom stereocenters. The summed E-state index contributed by atoms with van der Waals surface area (Å²) in [5, 5.41) is 12.1. The highest BCUT2D eigenvalue weighted by atomic mass is 32.2. The van der Waals surface area contributed by atoms with Crippen molar-refractivity contribution in [1.29, 1.82) is 0 Å². The molecule has 0 saturated heterocycles. The number of nitrogens with one attached hydrogen (secondary N) is 1. The number of thioether (sulfide) groups is 1. The number of carbonyl (C=O) groups is 1. The SMILES string of the molecule is COc1ccc(/C=C/C(=O)NCc2nnc(SCc3ccc(C)cc3)n2C)cc1OC. The van der Waals surface area contributed by atoms with Crippen LogP contribution in [0.2, 0.25) is 0 Å². The molecular weight excluding hydrogens is 412 g/mol. The standard InChI is InChI=1S/C23H26N4O3S/c1-16-5-7-18(8-6-16)15-31-23-26-25-21(27(23)2)14-24-22(28)12-10-17-9-11-19(29-3)20(13-17)30-4/h5-13H,14-15H2,1-4H3,(H,24,28)/b12-10+. The maximum atomic E-state index is 12.2. The first-order valence-electron chi connectivity index (χ1n) is 9.74. The number of rotatable bonds is 9. The van der Waals surface area contributed by atoms with Crippen LogP contribution in [-0.4, -0.2) is 34.9 Å². The molecule has 7 nitrogen and oxygen atoms in total. The topological polar surface area (TPSA) is 78.3 Å². The first-order chi connectivity index (χ1) is 15.0. The van der Waals surface area contributed by atoms with Gasteiger partial charge < -0.3 is 19.4 Å². The van der Waals surface area contributed by atoms with Crippen LogP contribution in [0.25, 0.3) is 6.08 Å². The van der Waals surface area contributed by atoms with Crippen molar-refractivity contribution >= 4 is 23.7 Å². The third-order valence-electron chi connectivity index (χ3n) is 4.67. The molecule has 1 amide bonds. The minimum absolute atomic E-state index is 0.216. The van der Waals surface area contributed by atoms with E-state index in [-0.39, 0.29) is 5.91 Å². The van der Waals surface area contributed by atoms with Gasteiger partial charge in [-0.15, -0.1) is 10.2 Å². The summed E-state index contributed by atoms with van der Waals surface area (Å²) in [5.41, 5.74) is 3.31. The molecule has 0 aliphatic heterocycles. The molecule has 0 aliphatic carbocycles. The molecule has 0 radical (unpaired) electrons. The fourth-order valence-electron chi connectivity index (χ4n) is 2.81. The van der Waals surface area contributed by atoms with Gasteiger partial charge in [0.15, 0.2) is 22.5 Å². The second-order valence-corrected chi connectivity index (χ2v) is 7.84. The van der Waals surface area contributed by atoms with E-state index < -0.39 is 0 Å². The Morgan fingerprint density at radius 2 is 1.84 bits per heavy atom. The first-order valence-corrected chi connectivity index (χ1v) is 10.7. The minimum Gasteiger partial charge on any atom is -0.493 e. The van der Waals surface area contributed by atoms with Crippen LogP contribution in [-0.2, 0) is 24.1 Å². The minimum atomic E-state index is -0.216. The molecule has 0 fully saturated rings. The van der Waals surface area contributed by atoms with Gasteiger partial charge in [0.1, 0.15) is 0 Å². The molecule has 162 valence electrons. The van der Waals surface area contributed by atoms with Crippen LogP contribution >= 0.6 is 11.8 Å². The molecule has 0 spiro atoms. The van der Waals surface area contributed by atoms with Crippen LogP contribution in [0.5, 0.6) is 11.5 Å². The van der Waals surface area contributed by atoms with Crippen LogP contribution in [0.3, 0.4) is 0 Å². The predicted molar refractivity (Wildman–Crippen MR) is 122 cm³/mol. The number of hydrogen-bond acceptors (Lipinski definition) is 6. The summed E-state index contributed by atoms with van der Waals surface area (Å²) in [6.07, 6.45) is 3.20. The number of aryl methyl sites for hydroxylation is 1. The number of ether oxygens (including phenoxy) is 2. The lowest BCUT2D eigenvalue weighted by Crippen LogP contribution is -2.22. The Labute approximate surface area is 186 Å². The monoisotopic (exact) mass is 438 g/mol. The van der Waals surface area contributed by atoms with E-state index >= 15 is 0 Å². The Kier molecular flexibility index (Phi) is 7.72. The molecule has 1 aromatic heterocycles. The van der Waals surface area contributed by atoms with Gasteiger partial charge in [0.25, 0.3) is 0 Å². The van der Waals surface area contributed by atoms with Gasteiger partial charge >= 0.3 is 0 Å². The molecule has 3 aromatic rings. The van der Waals surface area contributed by atoms with E-state index in [1.807, 2.05) is 23.7 Å². The summed E-state index contributed by atoms with van der Waals surface area (Å²) < 4.78 is 12.4. The molecular formula is C23H26N4O3S.